The first-order valence-corrected chi connectivity index (χ1v) is 22.8. The molecule has 7 heterocycles. The molecular formula is C45H42ClF3N6RuS2. The normalized spacial score (nSPS) is 10.8. The third-order valence-corrected chi connectivity index (χ3v) is 11.0. The molecule has 0 unspecified atom stereocenters. The van der Waals surface area contributed by atoms with Gasteiger partial charge in [-0.25, -0.2) is 4.98 Å². The van der Waals surface area contributed by atoms with Gasteiger partial charge in [-0.1, -0.05) is 57.6 Å². The van der Waals surface area contributed by atoms with E-state index in [4.69, 9.17) is 4.98 Å². The van der Waals surface area contributed by atoms with Crippen LogP contribution in [-0.4, -0.2) is 25.0 Å². The molecule has 7 aromatic heterocycles. The summed E-state index contributed by atoms with van der Waals surface area (Å²) in [6.07, 6.45) is 8.44. The summed E-state index contributed by atoms with van der Waals surface area (Å²) in [4.78, 5) is 21.6. The molecule has 0 aliphatic carbocycles. The van der Waals surface area contributed by atoms with Crippen molar-refractivity contribution in [3.8, 4) is 56.4 Å². The molecule has 0 aliphatic rings. The number of rotatable bonds is 11. The van der Waals surface area contributed by atoms with Gasteiger partial charge < -0.3 is 10.2 Å². The zero-order chi connectivity index (χ0) is 41.5. The van der Waals surface area contributed by atoms with Gasteiger partial charge in [-0.2, -0.15) is 13.2 Å². The van der Waals surface area contributed by atoms with Crippen LogP contribution in [0.25, 0.3) is 44.6 Å². The maximum absolute atomic E-state index is 12.7. The van der Waals surface area contributed by atoms with Crippen LogP contribution in [0, 0.1) is 18.8 Å². The van der Waals surface area contributed by atoms with Crippen molar-refractivity contribution in [1.29, 1.82) is 0 Å². The van der Waals surface area contributed by atoms with Gasteiger partial charge in [0.25, 0.3) is 0 Å². The van der Waals surface area contributed by atoms with Crippen molar-refractivity contribution in [2.75, 3.05) is 0 Å². The summed E-state index contributed by atoms with van der Waals surface area (Å²) in [6.45, 7) is 8.58. The number of thiophene rings is 2. The van der Waals surface area contributed by atoms with Crippen LogP contribution in [0.3, 0.4) is 0 Å². The number of unbranched alkanes of at least 4 members (excludes halogenated alkanes) is 3. The molecule has 0 fully saturated rings. The van der Waals surface area contributed by atoms with Crippen molar-refractivity contribution in [2.45, 2.75) is 78.8 Å². The van der Waals surface area contributed by atoms with E-state index in [0.29, 0.717) is 5.69 Å². The first-order chi connectivity index (χ1) is 28.1. The van der Waals surface area contributed by atoms with Crippen molar-refractivity contribution in [3.05, 3.63) is 134 Å². The van der Waals surface area contributed by atoms with Gasteiger partial charge >= 0.3 is 33.2 Å². The van der Waals surface area contributed by atoms with E-state index in [1.165, 1.54) is 40.8 Å². The average molecular weight is 925 g/mol. The first kappa shape index (κ1) is 44.6. The standard InChI is InChI=1S/C26H23N3S.C19H19F3N3S.ClH.Ru/c1-4-19-10-12-27-23(14-19)25-15-20(5-2)16-26(29-25)24-17-21(11-13-28-24)7-9-22-8-6-18(3)30-22;1-2-3-4-5-6-13-8-10-26-18(13)14-7-9-23-15(11-14)16-12-17(25-24-16)19(20,21)22;;/h6,8,10-17H,4-5H2,1-3H3;7-12H,2-6H2,1H3;1H;/q;-1;;+2/p-1. The molecule has 0 aliphatic heterocycles. The first-order valence-electron chi connectivity index (χ1n) is 18.9. The number of aromatic nitrogens is 6. The second-order valence-corrected chi connectivity index (χ2v) is 15.4. The molecule has 58 heavy (non-hydrogen) atoms. The Kier molecular flexibility index (Phi) is 16.9. The van der Waals surface area contributed by atoms with E-state index in [0.717, 1.165) is 75.4 Å². The van der Waals surface area contributed by atoms with Crippen LogP contribution in [0.2, 0.25) is 0 Å². The van der Waals surface area contributed by atoms with Gasteiger partial charge in [0.05, 0.1) is 33.3 Å². The van der Waals surface area contributed by atoms with E-state index in [-0.39, 0.29) is 5.69 Å². The summed E-state index contributed by atoms with van der Waals surface area (Å²) in [5.41, 5.74) is 8.62. The van der Waals surface area contributed by atoms with Gasteiger partial charge in [-0.3, -0.25) is 15.0 Å². The van der Waals surface area contributed by atoms with Gasteiger partial charge in [-0.15, -0.1) is 22.7 Å². The van der Waals surface area contributed by atoms with E-state index < -0.39 is 11.9 Å². The van der Waals surface area contributed by atoms with Crippen LogP contribution in [-0.2, 0) is 42.8 Å². The van der Waals surface area contributed by atoms with Crippen LogP contribution in [0.15, 0.2) is 96.8 Å². The number of halogens is 4. The number of pyridine rings is 4. The second-order valence-electron chi connectivity index (χ2n) is 13.2. The SMILES string of the molecule is CCCCCCc1ccsc1-c1ccnc(-c2cc(C(F)(F)F)n[n-]2)c1.CCc1ccnc(-c2cc(CC)cc(-c3cc(C#Cc4ccc(C)s4)ccn3)n2)c1.[Cl][Ru+]. The van der Waals surface area contributed by atoms with Crippen LogP contribution in [0.5, 0.6) is 0 Å². The zero-order valence-electron chi connectivity index (χ0n) is 32.6. The quantitative estimate of drug-likeness (QED) is 0.0731. The Bertz CT molecular complexity index is 2450. The fraction of sp³-hybridized carbons (Fsp3) is 0.267. The molecule has 0 N–H and O–H groups in total. The molecule has 7 aromatic rings. The fourth-order valence-corrected chi connectivity index (χ4v) is 7.64. The molecule has 300 valence electrons. The molecule has 6 nitrogen and oxygen atoms in total. The molecule has 0 aromatic carbocycles. The van der Waals surface area contributed by atoms with Crippen molar-refractivity contribution in [2.24, 2.45) is 0 Å². The van der Waals surface area contributed by atoms with Gasteiger partial charge in [0.2, 0.25) is 0 Å². The predicted octanol–water partition coefficient (Wildman–Crippen LogP) is 12.8. The van der Waals surface area contributed by atoms with Gasteiger partial charge in [0.1, 0.15) is 5.69 Å². The number of nitrogens with zero attached hydrogens (tertiary/aromatic N) is 6. The summed E-state index contributed by atoms with van der Waals surface area (Å²) in [6, 6.07) is 23.2. The predicted molar refractivity (Wildman–Crippen MR) is 227 cm³/mol. The molecule has 0 saturated heterocycles. The number of alkyl halides is 3. The average Bonchev–Trinajstić information content (AvgIpc) is 4.05. The van der Waals surface area contributed by atoms with Crippen LogP contribution >= 0.6 is 32.4 Å². The molecule has 0 saturated carbocycles. The van der Waals surface area contributed by atoms with E-state index >= 15 is 0 Å². The Hall–Kier alpha value is -4.53. The second kappa shape index (κ2) is 22.0. The van der Waals surface area contributed by atoms with Crippen LogP contribution in [0.4, 0.5) is 13.2 Å². The van der Waals surface area contributed by atoms with Crippen LogP contribution < -0.4 is 5.10 Å². The molecule has 0 atom stereocenters. The molecule has 0 amide bonds. The fourth-order valence-electron chi connectivity index (χ4n) is 5.97. The van der Waals surface area contributed by atoms with Gasteiger partial charge in [0.15, 0.2) is 0 Å². The summed E-state index contributed by atoms with van der Waals surface area (Å²) in [5.74, 6) is 6.50. The Morgan fingerprint density at radius 1 is 0.724 bits per heavy atom. The van der Waals surface area contributed by atoms with E-state index in [1.54, 1.807) is 41.1 Å². The zero-order valence-corrected chi connectivity index (χ0v) is 36.7. The molecular weight excluding hydrogens is 882 g/mol. The summed E-state index contributed by atoms with van der Waals surface area (Å²) in [5, 5.41) is 8.91. The van der Waals surface area contributed by atoms with E-state index in [2.05, 4.69) is 116 Å². The topological polar surface area (TPSA) is 78.5 Å². The Balaban J connectivity index is 0.000000214. The van der Waals surface area contributed by atoms with Crippen molar-refractivity contribution >= 4 is 32.4 Å². The Morgan fingerprint density at radius 2 is 1.41 bits per heavy atom. The Morgan fingerprint density at radius 3 is 2.09 bits per heavy atom. The number of hydrogen-bond acceptors (Lipinski definition) is 7. The van der Waals surface area contributed by atoms with Gasteiger partial charge in [0, 0.05) is 33.9 Å². The summed E-state index contributed by atoms with van der Waals surface area (Å²) in [7, 11) is 4.57. The number of aryl methyl sites for hydroxylation is 4. The number of hydrogen-bond donors (Lipinski definition) is 0. The van der Waals surface area contributed by atoms with Crippen LogP contribution in [0.1, 0.15) is 84.2 Å². The third kappa shape index (κ3) is 12.5. The molecule has 7 rings (SSSR count). The monoisotopic (exact) mass is 924 g/mol. The van der Waals surface area contributed by atoms with Gasteiger partial charge in [-0.05, 0) is 133 Å². The maximum atomic E-state index is 12.7. The van der Waals surface area contributed by atoms with E-state index in [1.807, 2.05) is 47.8 Å². The summed E-state index contributed by atoms with van der Waals surface area (Å²) >= 11 is 5.16. The van der Waals surface area contributed by atoms with Crippen molar-refractivity contribution < 1.29 is 30.5 Å². The molecule has 0 spiro atoms. The molecule has 0 bridgehead atoms. The van der Waals surface area contributed by atoms with Crippen molar-refractivity contribution in [1.82, 2.24) is 30.1 Å². The minimum absolute atomic E-state index is 0.139. The minimum atomic E-state index is -4.50. The Labute approximate surface area is 360 Å². The van der Waals surface area contributed by atoms with E-state index in [9.17, 15) is 13.2 Å². The third-order valence-electron chi connectivity index (χ3n) is 9.04. The van der Waals surface area contributed by atoms with Crippen molar-refractivity contribution in [3.63, 3.8) is 0 Å². The summed E-state index contributed by atoms with van der Waals surface area (Å²) < 4.78 is 38.2. The molecule has 0 radical (unpaired) electrons. The molecule has 13 heteroatoms.